The first-order chi connectivity index (χ1) is 8.52. The van der Waals surface area contributed by atoms with Gasteiger partial charge in [-0.2, -0.15) is 0 Å². The van der Waals surface area contributed by atoms with E-state index in [2.05, 4.69) is 18.9 Å². The fourth-order valence-electron chi connectivity index (χ4n) is 2.29. The fourth-order valence-corrected chi connectivity index (χ4v) is 2.29. The molecular formula is C14H24N2O2. The van der Waals surface area contributed by atoms with Gasteiger partial charge < -0.3 is 0 Å². The highest BCUT2D eigenvalue weighted by atomic mass is 16.2. The topological polar surface area (TPSA) is 49.4 Å². The molecule has 1 saturated heterocycles. The van der Waals surface area contributed by atoms with Crippen molar-refractivity contribution in [3.05, 3.63) is 12.2 Å². The van der Waals surface area contributed by atoms with Crippen LogP contribution in [0.3, 0.4) is 0 Å². The SMILES string of the molecule is C=C(C=O)C[C@@H](C)CC(=O)N1CCCCC(C)N1. The maximum absolute atomic E-state index is 12.1. The Morgan fingerprint density at radius 3 is 2.89 bits per heavy atom. The van der Waals surface area contributed by atoms with Gasteiger partial charge in [0.2, 0.25) is 5.91 Å². The number of amides is 1. The van der Waals surface area contributed by atoms with E-state index < -0.39 is 0 Å². The molecule has 102 valence electrons. The summed E-state index contributed by atoms with van der Waals surface area (Å²) in [4.78, 5) is 22.6. The first-order valence-electron chi connectivity index (χ1n) is 6.72. The number of hydrogen-bond acceptors (Lipinski definition) is 3. The highest BCUT2D eigenvalue weighted by Crippen LogP contribution is 2.15. The molecule has 1 aliphatic rings. The second-order valence-corrected chi connectivity index (χ2v) is 5.36. The molecule has 1 unspecified atom stereocenters. The Hall–Kier alpha value is -1.16. The molecule has 0 saturated carbocycles. The van der Waals surface area contributed by atoms with E-state index in [-0.39, 0.29) is 11.8 Å². The van der Waals surface area contributed by atoms with Gasteiger partial charge in [0.25, 0.3) is 0 Å². The number of hydrogen-bond donors (Lipinski definition) is 1. The molecule has 1 aliphatic heterocycles. The lowest BCUT2D eigenvalue weighted by molar-refractivity contribution is -0.135. The lowest BCUT2D eigenvalue weighted by atomic mass is 9.99. The van der Waals surface area contributed by atoms with Crippen LogP contribution in [-0.4, -0.2) is 29.8 Å². The number of aldehydes is 1. The van der Waals surface area contributed by atoms with Gasteiger partial charge in [-0.1, -0.05) is 19.9 Å². The van der Waals surface area contributed by atoms with E-state index in [1.807, 2.05) is 6.92 Å². The predicted molar refractivity (Wildman–Crippen MR) is 71.8 cm³/mol. The van der Waals surface area contributed by atoms with Gasteiger partial charge in [0.05, 0.1) is 0 Å². The summed E-state index contributed by atoms with van der Waals surface area (Å²) in [6.07, 6.45) is 5.16. The summed E-state index contributed by atoms with van der Waals surface area (Å²) in [7, 11) is 0. The minimum absolute atomic E-state index is 0.120. The van der Waals surface area contributed by atoms with E-state index in [0.29, 0.717) is 24.5 Å². The zero-order valence-electron chi connectivity index (χ0n) is 11.4. The van der Waals surface area contributed by atoms with Crippen LogP contribution in [0.25, 0.3) is 0 Å². The maximum Gasteiger partial charge on any atom is 0.236 e. The number of allylic oxidation sites excluding steroid dienone is 1. The normalized spacial score (nSPS) is 22.1. The van der Waals surface area contributed by atoms with Crippen LogP contribution in [0, 0.1) is 5.92 Å². The van der Waals surface area contributed by atoms with Crippen molar-refractivity contribution in [1.29, 1.82) is 0 Å². The van der Waals surface area contributed by atoms with E-state index >= 15 is 0 Å². The lowest BCUT2D eigenvalue weighted by Crippen LogP contribution is -2.46. The van der Waals surface area contributed by atoms with Gasteiger partial charge in [-0.25, -0.2) is 5.43 Å². The highest BCUT2D eigenvalue weighted by Gasteiger charge is 2.20. The van der Waals surface area contributed by atoms with Gasteiger partial charge in [-0.05, 0) is 37.7 Å². The molecule has 0 aromatic rings. The summed E-state index contributed by atoms with van der Waals surface area (Å²) in [5.41, 5.74) is 3.81. The number of hydrazine groups is 1. The van der Waals surface area contributed by atoms with Crippen LogP contribution in [0.15, 0.2) is 12.2 Å². The highest BCUT2D eigenvalue weighted by molar-refractivity contribution is 5.76. The predicted octanol–water partition coefficient (Wildman–Crippen LogP) is 2.06. The monoisotopic (exact) mass is 252 g/mol. The van der Waals surface area contributed by atoms with Crippen molar-refractivity contribution in [2.45, 2.75) is 52.0 Å². The van der Waals surface area contributed by atoms with Gasteiger partial charge in [-0.15, -0.1) is 0 Å². The van der Waals surface area contributed by atoms with Crippen LogP contribution >= 0.6 is 0 Å². The van der Waals surface area contributed by atoms with Crippen LogP contribution in [0.4, 0.5) is 0 Å². The van der Waals surface area contributed by atoms with Gasteiger partial charge in [0, 0.05) is 19.0 Å². The second-order valence-electron chi connectivity index (χ2n) is 5.36. The Morgan fingerprint density at radius 1 is 1.50 bits per heavy atom. The van der Waals surface area contributed by atoms with E-state index in [9.17, 15) is 9.59 Å². The van der Waals surface area contributed by atoms with E-state index in [0.717, 1.165) is 32.1 Å². The first kappa shape index (κ1) is 14.9. The minimum atomic E-state index is 0.120. The van der Waals surface area contributed by atoms with Gasteiger partial charge in [-0.3, -0.25) is 14.6 Å². The Morgan fingerprint density at radius 2 is 2.22 bits per heavy atom. The summed E-state index contributed by atoms with van der Waals surface area (Å²) in [5, 5.41) is 1.75. The fraction of sp³-hybridized carbons (Fsp3) is 0.714. The Balaban J connectivity index is 2.43. The zero-order valence-corrected chi connectivity index (χ0v) is 11.4. The molecule has 1 amide bonds. The molecule has 0 aliphatic carbocycles. The summed E-state index contributed by atoms with van der Waals surface area (Å²) in [6, 6.07) is 0.358. The molecule has 0 aromatic carbocycles. The third-order valence-electron chi connectivity index (χ3n) is 3.25. The van der Waals surface area contributed by atoms with Crippen molar-refractivity contribution in [2.75, 3.05) is 6.54 Å². The van der Waals surface area contributed by atoms with Crippen LogP contribution in [0.1, 0.15) is 46.0 Å². The van der Waals surface area contributed by atoms with Gasteiger partial charge in [0.1, 0.15) is 6.29 Å². The summed E-state index contributed by atoms with van der Waals surface area (Å²) >= 11 is 0. The van der Waals surface area contributed by atoms with Crippen LogP contribution in [0.2, 0.25) is 0 Å². The minimum Gasteiger partial charge on any atom is -0.298 e. The van der Waals surface area contributed by atoms with E-state index in [1.54, 1.807) is 5.01 Å². The standard InChI is InChI=1S/C14H24N2O2/c1-11(8-12(2)10-17)9-14(18)16-7-5-4-6-13(3)15-16/h10-11,13,15H,2,4-9H2,1,3H3/t11-,13?/m1/s1. The maximum atomic E-state index is 12.1. The van der Waals surface area contributed by atoms with Crippen LogP contribution in [-0.2, 0) is 9.59 Å². The molecule has 0 bridgehead atoms. The summed E-state index contributed by atoms with van der Waals surface area (Å²) in [5.74, 6) is 0.283. The molecule has 0 aromatic heterocycles. The molecule has 1 rings (SSSR count). The quantitative estimate of drug-likeness (QED) is 0.602. The van der Waals surface area contributed by atoms with Crippen molar-refractivity contribution >= 4 is 12.2 Å². The van der Waals surface area contributed by atoms with Crippen LogP contribution in [0.5, 0.6) is 0 Å². The molecule has 4 nitrogen and oxygen atoms in total. The molecule has 1 N–H and O–H groups in total. The van der Waals surface area contributed by atoms with Crippen molar-refractivity contribution < 1.29 is 9.59 Å². The Labute approximate surface area is 109 Å². The molecule has 4 heteroatoms. The Bertz CT molecular complexity index is 315. The number of nitrogens with zero attached hydrogens (tertiary/aromatic N) is 1. The van der Waals surface area contributed by atoms with Gasteiger partial charge in [0.15, 0.2) is 0 Å². The summed E-state index contributed by atoms with van der Waals surface area (Å²) < 4.78 is 0. The molecule has 18 heavy (non-hydrogen) atoms. The molecule has 2 atom stereocenters. The average Bonchev–Trinajstić information content (AvgIpc) is 2.53. The van der Waals surface area contributed by atoms with E-state index in [4.69, 9.17) is 0 Å². The smallest absolute Gasteiger partial charge is 0.236 e. The van der Waals surface area contributed by atoms with E-state index in [1.165, 1.54) is 0 Å². The number of carbonyl (C=O) groups excluding carboxylic acids is 2. The van der Waals surface area contributed by atoms with Crippen molar-refractivity contribution in [2.24, 2.45) is 5.92 Å². The van der Waals surface area contributed by atoms with Gasteiger partial charge >= 0.3 is 0 Å². The zero-order chi connectivity index (χ0) is 13.5. The number of carbonyl (C=O) groups is 2. The van der Waals surface area contributed by atoms with Crippen molar-refractivity contribution in [3.63, 3.8) is 0 Å². The third-order valence-corrected chi connectivity index (χ3v) is 3.25. The van der Waals surface area contributed by atoms with Crippen LogP contribution < -0.4 is 5.43 Å². The number of rotatable bonds is 5. The van der Waals surface area contributed by atoms with Crippen molar-refractivity contribution in [3.8, 4) is 0 Å². The molecule has 0 spiro atoms. The summed E-state index contributed by atoms with van der Waals surface area (Å²) in [6.45, 7) is 8.51. The largest absolute Gasteiger partial charge is 0.298 e. The third kappa shape index (κ3) is 5.00. The Kier molecular flexibility index (Phi) is 6.05. The van der Waals surface area contributed by atoms with Crippen molar-refractivity contribution in [1.82, 2.24) is 10.4 Å². The lowest BCUT2D eigenvalue weighted by Gasteiger charge is -2.25. The molecular weight excluding hydrogens is 228 g/mol. The average molecular weight is 252 g/mol. The molecule has 1 fully saturated rings. The first-order valence-corrected chi connectivity index (χ1v) is 6.72. The molecule has 0 radical (unpaired) electrons. The number of nitrogens with one attached hydrogen (secondary N) is 1. The molecule has 1 heterocycles. The second kappa shape index (κ2) is 7.31.